The monoisotopic (exact) mass is 706 g/mol. The van der Waals surface area contributed by atoms with Gasteiger partial charge in [-0.25, -0.2) is 0 Å². The maximum absolute atomic E-state index is 11.7. The molecule has 2 aliphatic heterocycles. The van der Waals surface area contributed by atoms with Gasteiger partial charge in [0.05, 0.1) is 0 Å². The van der Waals surface area contributed by atoms with Crippen LogP contribution in [-0.4, -0.2) is 57.9 Å². The molecule has 0 saturated carbocycles. The van der Waals surface area contributed by atoms with E-state index in [1.165, 1.54) is 51.4 Å². The van der Waals surface area contributed by atoms with Crippen LogP contribution >= 0.6 is 0 Å². The topological polar surface area (TPSA) is 89.4 Å². The van der Waals surface area contributed by atoms with Gasteiger partial charge in [0.15, 0.2) is 11.6 Å². The van der Waals surface area contributed by atoms with Crippen molar-refractivity contribution in [3.8, 4) is 0 Å². The van der Waals surface area contributed by atoms with Crippen LogP contribution in [-0.2, 0) is 69.0 Å². The van der Waals surface area contributed by atoms with E-state index in [2.05, 4.69) is 30.9 Å². The minimum atomic E-state index is -0.00612. The molecule has 0 spiro atoms. The van der Waals surface area contributed by atoms with Gasteiger partial charge in [-0.1, -0.05) is 50.0 Å². The van der Waals surface area contributed by atoms with Crippen LogP contribution in [0.1, 0.15) is 65.2 Å². The van der Waals surface area contributed by atoms with Crippen LogP contribution in [0.25, 0.3) is 0 Å². The van der Waals surface area contributed by atoms with Gasteiger partial charge in [-0.05, 0) is 74.2 Å². The molecule has 0 amide bonds. The van der Waals surface area contributed by atoms with Crippen molar-refractivity contribution in [1.29, 1.82) is 0 Å². The van der Waals surface area contributed by atoms with Crippen molar-refractivity contribution >= 4 is 47.2 Å². The van der Waals surface area contributed by atoms with Gasteiger partial charge in [-0.3, -0.25) is 20.4 Å². The molecule has 4 aliphatic rings. The van der Waals surface area contributed by atoms with E-state index in [0.29, 0.717) is 21.5 Å². The summed E-state index contributed by atoms with van der Waals surface area (Å²) in [4.78, 5) is 27.7. The quantitative estimate of drug-likeness (QED) is 0.111. The molecule has 12 heteroatoms. The molecule has 4 rings (SSSR count). The van der Waals surface area contributed by atoms with E-state index >= 15 is 0 Å². The Kier molecular flexibility index (Phi) is 18.6. The number of nitrogens with zero attached hydrogens (tertiary/aromatic N) is 4. The van der Waals surface area contributed by atoms with Crippen LogP contribution < -0.4 is 10.9 Å². The van der Waals surface area contributed by atoms with Gasteiger partial charge in [0, 0.05) is 48.7 Å². The Morgan fingerprint density at radius 3 is 1.21 bits per heavy atom. The predicted molar refractivity (Wildman–Crippen MR) is 168 cm³/mol. The van der Waals surface area contributed by atoms with Crippen molar-refractivity contribution in [2.75, 3.05) is 26.2 Å². The summed E-state index contributed by atoms with van der Waals surface area (Å²) < 4.78 is 0. The molecule has 236 valence electrons. The Morgan fingerprint density at radius 2 is 0.905 bits per heavy atom. The van der Waals surface area contributed by atoms with Crippen LogP contribution in [0.5, 0.6) is 0 Å². The summed E-state index contributed by atoms with van der Waals surface area (Å²) >= 11 is 10.7. The number of hydrazone groups is 2. The number of ketones is 2. The normalized spacial score (nSPS) is 21.7. The molecule has 0 unspecified atom stereocenters. The second kappa shape index (κ2) is 20.7. The first-order valence-electron chi connectivity index (χ1n) is 14.1. The van der Waals surface area contributed by atoms with E-state index in [-0.39, 0.29) is 45.7 Å². The van der Waals surface area contributed by atoms with Crippen molar-refractivity contribution in [2.45, 2.75) is 65.2 Å². The average Bonchev–Trinajstić information content (AvgIpc) is 3.41. The number of carbonyl (C=O) groups is 2. The zero-order chi connectivity index (χ0) is 28.7. The number of hydrogen-bond donors (Lipinski definition) is 2. The molecule has 0 aromatic carbocycles. The summed E-state index contributed by atoms with van der Waals surface area (Å²) in [6, 6.07) is 0. The summed E-state index contributed by atoms with van der Waals surface area (Å²) in [6.45, 7) is 7.57. The van der Waals surface area contributed by atoms with Crippen LogP contribution in [0, 0.1) is 0 Å². The first-order valence-corrected chi connectivity index (χ1v) is 14.9. The summed E-state index contributed by atoms with van der Waals surface area (Å²) in [5.41, 5.74) is 8.56. The van der Waals surface area contributed by atoms with Crippen molar-refractivity contribution < 1.29 is 43.7 Å². The Labute approximate surface area is 282 Å². The van der Waals surface area contributed by atoms with Gasteiger partial charge in [0.1, 0.15) is 0 Å². The molecular weight excluding hydrogens is 668 g/mol. The van der Waals surface area contributed by atoms with Gasteiger partial charge in [0.25, 0.3) is 0 Å². The van der Waals surface area contributed by atoms with Gasteiger partial charge in [0.2, 0.25) is 0 Å². The maximum atomic E-state index is 11.7. The molecule has 0 atom stereocenters. The third kappa shape index (κ3) is 12.6. The molecule has 2 N–H and O–H groups in total. The van der Waals surface area contributed by atoms with Gasteiger partial charge in [-0.15, -0.1) is 0 Å². The largest absolute Gasteiger partial charge is 1.00 e. The molecule has 0 aromatic heterocycles. The van der Waals surface area contributed by atoms with E-state index in [9.17, 15) is 9.59 Å². The molecule has 8 nitrogen and oxygen atoms in total. The summed E-state index contributed by atoms with van der Waals surface area (Å²) in [5.74, 6) is -0.0122. The van der Waals surface area contributed by atoms with Crippen molar-refractivity contribution in [3.63, 3.8) is 0 Å². The summed E-state index contributed by atoms with van der Waals surface area (Å²) in [6.07, 6.45) is 23.6. The van der Waals surface area contributed by atoms with Crippen LogP contribution in [0.15, 0.2) is 81.4 Å². The molecular formula is C30H40Cu2N6O2S2. The fourth-order valence-corrected chi connectivity index (χ4v) is 5.06. The van der Waals surface area contributed by atoms with Gasteiger partial charge >= 0.3 is 34.1 Å². The molecule has 2 fully saturated rings. The first-order chi connectivity index (χ1) is 19.4. The van der Waals surface area contributed by atoms with Crippen LogP contribution in [0.4, 0.5) is 0 Å². The third-order valence-corrected chi connectivity index (χ3v) is 7.67. The third-order valence-electron chi connectivity index (χ3n) is 6.97. The smallest absolute Gasteiger partial charge is 0.741 e. The summed E-state index contributed by atoms with van der Waals surface area (Å²) in [7, 11) is 0. The SMILES string of the molecule is C/C(N/N=C(/[S-])N1CCCCCC1)=C1\C=CC=CC1=O.C/C(N/N=C(\[S-])N1CCCCCC1)=C1\C=CC=CC1=O.[Cu+].[Cu+]. The van der Waals surface area contributed by atoms with E-state index in [1.54, 1.807) is 36.5 Å². The number of allylic oxidation sites excluding steroid dienone is 12. The van der Waals surface area contributed by atoms with E-state index in [4.69, 9.17) is 25.3 Å². The number of likely N-dealkylation sites (tertiary alicyclic amines) is 2. The fraction of sp³-hybridized carbons (Fsp3) is 0.467. The second-order valence-electron chi connectivity index (χ2n) is 10.1. The number of nitrogens with one attached hydrogen (secondary N) is 2. The molecule has 42 heavy (non-hydrogen) atoms. The van der Waals surface area contributed by atoms with Crippen LogP contribution in [0.2, 0.25) is 0 Å². The van der Waals surface area contributed by atoms with E-state index in [0.717, 1.165) is 37.6 Å². The molecule has 2 saturated heterocycles. The number of carbonyl (C=O) groups excluding carboxylic acids is 2. The number of hydrogen-bond acceptors (Lipinski definition) is 8. The average molecular weight is 708 g/mol. The van der Waals surface area contributed by atoms with Crippen molar-refractivity contribution in [3.05, 3.63) is 71.1 Å². The molecule has 0 aromatic rings. The Hall–Kier alpha value is -2.20. The van der Waals surface area contributed by atoms with Gasteiger partial charge < -0.3 is 35.1 Å². The predicted octanol–water partition coefficient (Wildman–Crippen LogP) is 4.47. The van der Waals surface area contributed by atoms with Crippen LogP contribution in [0.3, 0.4) is 0 Å². The molecule has 2 aliphatic carbocycles. The molecule has 2 heterocycles. The number of rotatable bonds is 4. The number of amidine groups is 2. The zero-order valence-electron chi connectivity index (χ0n) is 24.1. The standard InChI is InChI=1S/2C15H21N3OS.2Cu/c2*1-12(13-8-4-5-9-14(13)19)16-17-15(20)18-10-6-2-3-7-11-18;;/h2*4-5,8-9,16H,2-3,6-7,10-11H2,1H3,(H,17,20);;/q;;2*+1/p-2/b2*13-12-;;. The van der Waals surface area contributed by atoms with Crippen molar-refractivity contribution in [2.24, 2.45) is 10.2 Å². The van der Waals surface area contributed by atoms with E-state index < -0.39 is 0 Å². The second-order valence-corrected chi connectivity index (χ2v) is 10.8. The van der Waals surface area contributed by atoms with E-state index in [1.807, 2.05) is 26.0 Å². The minimum Gasteiger partial charge on any atom is -0.741 e. The molecule has 0 radical (unpaired) electrons. The Balaban J connectivity index is 0.000000401. The van der Waals surface area contributed by atoms with Crippen molar-refractivity contribution in [1.82, 2.24) is 20.7 Å². The maximum Gasteiger partial charge on any atom is 1.00 e. The van der Waals surface area contributed by atoms with Gasteiger partial charge in [-0.2, -0.15) is 10.2 Å². The molecule has 0 bridgehead atoms. The zero-order valence-corrected chi connectivity index (χ0v) is 27.6. The Bertz CT molecular complexity index is 1070. The Morgan fingerprint density at radius 1 is 0.595 bits per heavy atom. The fourth-order valence-electron chi connectivity index (χ4n) is 4.60. The minimum absolute atomic E-state index is 0. The first kappa shape index (κ1) is 37.8. The summed E-state index contributed by atoms with van der Waals surface area (Å²) in [5, 5.41) is 9.63.